The van der Waals surface area contributed by atoms with E-state index in [-0.39, 0.29) is 0 Å². The molecule has 1 rings (SSSR count). The van der Waals surface area contributed by atoms with E-state index in [9.17, 15) is 0 Å². The zero-order valence-corrected chi connectivity index (χ0v) is 5.85. The van der Waals surface area contributed by atoms with Gasteiger partial charge in [0.2, 0.25) is 0 Å². The standard InChI is InChI=1S/C7H14B/c1-3-6(4-2)7-5-8-7/h6-7H,3-5H2,1-2H3. The minimum atomic E-state index is 1.00. The molecule has 0 aromatic rings. The van der Waals surface area contributed by atoms with E-state index in [0.29, 0.717) is 0 Å². The molecule has 0 bridgehead atoms. The van der Waals surface area contributed by atoms with Crippen LogP contribution in [0.25, 0.3) is 0 Å². The molecule has 45 valence electrons. The Hall–Kier alpha value is 0.0649. The van der Waals surface area contributed by atoms with Crippen molar-refractivity contribution in [1.29, 1.82) is 0 Å². The SMILES string of the molecule is CCC(CC)C1[B]C1. The molecule has 0 amide bonds. The molecule has 0 nitrogen and oxygen atoms in total. The second-order valence-electron chi connectivity index (χ2n) is 2.71. The van der Waals surface area contributed by atoms with Crippen LogP contribution in [0.15, 0.2) is 0 Å². The molecule has 0 aromatic heterocycles. The van der Waals surface area contributed by atoms with Crippen molar-refractivity contribution in [2.24, 2.45) is 5.92 Å². The van der Waals surface area contributed by atoms with Crippen molar-refractivity contribution in [3.8, 4) is 0 Å². The maximum atomic E-state index is 2.43. The minimum absolute atomic E-state index is 1.00. The fourth-order valence-corrected chi connectivity index (χ4v) is 1.36. The molecule has 1 saturated heterocycles. The molecule has 0 N–H and O–H groups in total. The third kappa shape index (κ3) is 1.27. The highest BCUT2D eigenvalue weighted by atomic mass is 14.2. The lowest BCUT2D eigenvalue weighted by molar-refractivity contribution is 0.503. The summed E-state index contributed by atoms with van der Waals surface area (Å²) in [4.78, 5) is 0. The Morgan fingerprint density at radius 1 is 1.50 bits per heavy atom. The van der Waals surface area contributed by atoms with Crippen molar-refractivity contribution < 1.29 is 0 Å². The summed E-state index contributed by atoms with van der Waals surface area (Å²) >= 11 is 0. The van der Waals surface area contributed by atoms with Crippen LogP contribution in [-0.2, 0) is 0 Å². The normalized spacial score (nSPS) is 25.6. The molecule has 1 aliphatic rings. The van der Waals surface area contributed by atoms with Crippen LogP contribution >= 0.6 is 0 Å². The molecule has 1 heteroatoms. The molecule has 0 saturated carbocycles. The second kappa shape index (κ2) is 2.57. The molecule has 8 heavy (non-hydrogen) atoms. The largest absolute Gasteiger partial charge is 0.112 e. The maximum absolute atomic E-state index is 2.43. The van der Waals surface area contributed by atoms with Crippen LogP contribution in [0.2, 0.25) is 12.1 Å². The van der Waals surface area contributed by atoms with E-state index in [1.807, 2.05) is 0 Å². The Morgan fingerprint density at radius 3 is 2.12 bits per heavy atom. The van der Waals surface area contributed by atoms with Crippen LogP contribution in [0.3, 0.4) is 0 Å². The van der Waals surface area contributed by atoms with E-state index in [2.05, 4.69) is 21.1 Å². The van der Waals surface area contributed by atoms with E-state index in [1.54, 1.807) is 0 Å². The van der Waals surface area contributed by atoms with Gasteiger partial charge < -0.3 is 0 Å². The summed E-state index contributed by atoms with van der Waals surface area (Å²) in [7, 11) is 2.43. The Labute approximate surface area is 52.9 Å². The van der Waals surface area contributed by atoms with Gasteiger partial charge in [-0.2, -0.15) is 0 Å². The summed E-state index contributed by atoms with van der Waals surface area (Å²) in [6.07, 6.45) is 4.14. The summed E-state index contributed by atoms with van der Waals surface area (Å²) in [5.41, 5.74) is 0. The average Bonchev–Trinajstić information content (AvgIpc) is 2.53. The second-order valence-corrected chi connectivity index (χ2v) is 2.71. The minimum Gasteiger partial charge on any atom is -0.0839 e. The predicted molar refractivity (Wildman–Crippen MR) is 38.4 cm³/mol. The van der Waals surface area contributed by atoms with Crippen molar-refractivity contribution >= 4 is 7.28 Å². The highest BCUT2D eigenvalue weighted by molar-refractivity contribution is 6.50. The number of rotatable bonds is 3. The highest BCUT2D eigenvalue weighted by Crippen LogP contribution is 2.39. The van der Waals surface area contributed by atoms with Gasteiger partial charge in [0.25, 0.3) is 0 Å². The third-order valence-electron chi connectivity index (χ3n) is 2.16. The summed E-state index contributed by atoms with van der Waals surface area (Å²) < 4.78 is 0. The number of hydrogen-bond acceptors (Lipinski definition) is 0. The van der Waals surface area contributed by atoms with Gasteiger partial charge in [-0.15, -0.1) is 0 Å². The summed E-state index contributed by atoms with van der Waals surface area (Å²) in [5.74, 6) is 2.01. The van der Waals surface area contributed by atoms with Gasteiger partial charge >= 0.3 is 0 Å². The van der Waals surface area contributed by atoms with Crippen molar-refractivity contribution in [2.45, 2.75) is 38.8 Å². The van der Waals surface area contributed by atoms with Gasteiger partial charge in [0.1, 0.15) is 7.28 Å². The molecule has 0 aliphatic carbocycles. The van der Waals surface area contributed by atoms with Crippen molar-refractivity contribution in [3.05, 3.63) is 0 Å². The first-order valence-corrected chi connectivity index (χ1v) is 3.71. The molecule has 1 heterocycles. The molecule has 1 aliphatic heterocycles. The van der Waals surface area contributed by atoms with Crippen molar-refractivity contribution in [1.82, 2.24) is 0 Å². The molecule has 1 unspecified atom stereocenters. The molecular formula is C7H14B. The Morgan fingerprint density at radius 2 is 2.00 bits per heavy atom. The zero-order valence-electron chi connectivity index (χ0n) is 5.85. The van der Waals surface area contributed by atoms with Crippen LogP contribution in [0.4, 0.5) is 0 Å². The lowest BCUT2D eigenvalue weighted by atomic mass is 9.88. The first-order chi connectivity index (χ1) is 3.88. The van der Waals surface area contributed by atoms with Gasteiger partial charge in [0, 0.05) is 0 Å². The topological polar surface area (TPSA) is 0 Å². The monoisotopic (exact) mass is 109 g/mol. The Kier molecular flexibility index (Phi) is 1.98. The van der Waals surface area contributed by atoms with Crippen LogP contribution in [0.5, 0.6) is 0 Å². The van der Waals surface area contributed by atoms with Gasteiger partial charge in [-0.1, -0.05) is 38.8 Å². The summed E-state index contributed by atoms with van der Waals surface area (Å²) in [6.45, 7) is 4.58. The van der Waals surface area contributed by atoms with E-state index in [1.165, 1.54) is 19.2 Å². The van der Waals surface area contributed by atoms with E-state index < -0.39 is 0 Å². The lowest BCUT2D eigenvalue weighted by Gasteiger charge is -2.08. The smallest absolute Gasteiger partial charge is 0.0839 e. The number of hydrogen-bond donors (Lipinski definition) is 0. The average molecular weight is 109 g/mol. The molecule has 1 radical (unpaired) electrons. The fraction of sp³-hybridized carbons (Fsp3) is 1.00. The van der Waals surface area contributed by atoms with Gasteiger partial charge in [0.05, 0.1) is 0 Å². The van der Waals surface area contributed by atoms with Gasteiger partial charge in [-0.3, -0.25) is 0 Å². The molecule has 0 spiro atoms. The maximum Gasteiger partial charge on any atom is 0.112 e. The fourth-order valence-electron chi connectivity index (χ4n) is 1.36. The molecule has 0 aromatic carbocycles. The lowest BCUT2D eigenvalue weighted by Crippen LogP contribution is -1.94. The molecule has 1 atom stereocenters. The van der Waals surface area contributed by atoms with Crippen LogP contribution in [0, 0.1) is 5.92 Å². The predicted octanol–water partition coefficient (Wildman–Crippen LogP) is 2.35. The van der Waals surface area contributed by atoms with E-state index in [4.69, 9.17) is 0 Å². The van der Waals surface area contributed by atoms with E-state index >= 15 is 0 Å². The van der Waals surface area contributed by atoms with Gasteiger partial charge in [-0.25, -0.2) is 0 Å². The third-order valence-corrected chi connectivity index (χ3v) is 2.16. The Balaban J connectivity index is 2.15. The zero-order chi connectivity index (χ0) is 5.98. The van der Waals surface area contributed by atoms with Crippen LogP contribution in [0.1, 0.15) is 26.7 Å². The van der Waals surface area contributed by atoms with Crippen molar-refractivity contribution in [2.75, 3.05) is 0 Å². The quantitative estimate of drug-likeness (QED) is 0.488. The van der Waals surface area contributed by atoms with Gasteiger partial charge in [-0.05, 0) is 5.92 Å². The summed E-state index contributed by atoms with van der Waals surface area (Å²) in [6, 6.07) is 0. The first-order valence-electron chi connectivity index (χ1n) is 3.71. The van der Waals surface area contributed by atoms with E-state index in [0.717, 1.165) is 11.7 Å². The molecule has 1 fully saturated rings. The van der Waals surface area contributed by atoms with Crippen molar-refractivity contribution in [3.63, 3.8) is 0 Å². The Bertz CT molecular complexity index is 62.8. The van der Waals surface area contributed by atoms with Gasteiger partial charge in [0.15, 0.2) is 0 Å². The first kappa shape index (κ1) is 6.19. The van der Waals surface area contributed by atoms with Crippen LogP contribution < -0.4 is 0 Å². The highest BCUT2D eigenvalue weighted by Gasteiger charge is 2.29. The van der Waals surface area contributed by atoms with Crippen LogP contribution in [-0.4, -0.2) is 7.28 Å². The molecular weight excluding hydrogens is 94.9 g/mol. The summed E-state index contributed by atoms with van der Waals surface area (Å²) in [5, 5.41) is 0.